The molecule has 1 aromatic carbocycles. The summed E-state index contributed by atoms with van der Waals surface area (Å²) in [7, 11) is 0. The molecule has 1 unspecified atom stereocenters. The maximum absolute atomic E-state index is 12.5. The molecule has 5 nitrogen and oxygen atoms in total. The van der Waals surface area contributed by atoms with Crippen molar-refractivity contribution < 1.29 is 14.7 Å². The highest BCUT2D eigenvalue weighted by Crippen LogP contribution is 2.16. The van der Waals surface area contributed by atoms with Crippen molar-refractivity contribution in [2.24, 2.45) is 5.92 Å². The van der Waals surface area contributed by atoms with Crippen molar-refractivity contribution in [2.75, 3.05) is 13.1 Å². The fourth-order valence-corrected chi connectivity index (χ4v) is 2.79. The second-order valence-electron chi connectivity index (χ2n) is 6.17. The highest BCUT2D eigenvalue weighted by molar-refractivity contribution is 5.97. The van der Waals surface area contributed by atoms with E-state index < -0.39 is 12.0 Å². The summed E-state index contributed by atoms with van der Waals surface area (Å²) >= 11 is 0. The molecule has 1 atom stereocenters. The van der Waals surface area contributed by atoms with Crippen molar-refractivity contribution >= 4 is 11.9 Å². The van der Waals surface area contributed by atoms with E-state index in [2.05, 4.69) is 10.2 Å². The van der Waals surface area contributed by atoms with Crippen LogP contribution < -0.4 is 5.32 Å². The molecule has 2 N–H and O–H groups in total. The standard InChI is InChI=1S/C17H24N2O3/c1-12(2)15(17(21)22)18-16(20)14-8-4-3-7-13(14)11-19-9-5-6-10-19/h3-4,7-8,12,15H,5-6,9-11H2,1-2H3,(H,18,20)(H,21,22). The van der Waals surface area contributed by atoms with Crippen LogP contribution >= 0.6 is 0 Å². The number of nitrogens with zero attached hydrogens (tertiary/aromatic N) is 1. The quantitative estimate of drug-likeness (QED) is 0.844. The Kier molecular flexibility index (Phi) is 5.55. The molecular weight excluding hydrogens is 280 g/mol. The lowest BCUT2D eigenvalue weighted by Crippen LogP contribution is -2.44. The van der Waals surface area contributed by atoms with Crippen molar-refractivity contribution in [2.45, 2.75) is 39.3 Å². The van der Waals surface area contributed by atoms with Gasteiger partial charge in [0.1, 0.15) is 6.04 Å². The van der Waals surface area contributed by atoms with Crippen LogP contribution in [-0.4, -0.2) is 41.0 Å². The second-order valence-corrected chi connectivity index (χ2v) is 6.17. The van der Waals surface area contributed by atoms with Crippen molar-refractivity contribution in [3.63, 3.8) is 0 Å². The molecule has 1 fully saturated rings. The van der Waals surface area contributed by atoms with Crippen LogP contribution in [0.25, 0.3) is 0 Å². The summed E-state index contributed by atoms with van der Waals surface area (Å²) in [6, 6.07) is 6.57. The lowest BCUT2D eigenvalue weighted by molar-refractivity contribution is -0.140. The smallest absolute Gasteiger partial charge is 0.326 e. The third-order valence-electron chi connectivity index (χ3n) is 4.07. The Morgan fingerprint density at radius 1 is 1.23 bits per heavy atom. The van der Waals surface area contributed by atoms with E-state index in [4.69, 9.17) is 0 Å². The normalized spacial score (nSPS) is 16.7. The largest absolute Gasteiger partial charge is 0.480 e. The summed E-state index contributed by atoms with van der Waals surface area (Å²) in [5.41, 5.74) is 1.52. The first kappa shape index (κ1) is 16.5. The van der Waals surface area contributed by atoms with Gasteiger partial charge >= 0.3 is 5.97 Å². The van der Waals surface area contributed by atoms with Gasteiger partial charge in [0.25, 0.3) is 5.91 Å². The Morgan fingerprint density at radius 3 is 2.45 bits per heavy atom. The van der Waals surface area contributed by atoms with Crippen molar-refractivity contribution in [3.05, 3.63) is 35.4 Å². The number of nitrogens with one attached hydrogen (secondary N) is 1. The highest BCUT2D eigenvalue weighted by Gasteiger charge is 2.25. The molecule has 0 aromatic heterocycles. The number of benzene rings is 1. The minimum atomic E-state index is -1.000. The molecule has 1 saturated heterocycles. The molecule has 0 saturated carbocycles. The number of amides is 1. The number of hydrogen-bond donors (Lipinski definition) is 2. The number of carboxylic acids is 1. The maximum Gasteiger partial charge on any atom is 0.326 e. The van der Waals surface area contributed by atoms with Crippen LogP contribution in [0, 0.1) is 5.92 Å². The predicted molar refractivity (Wildman–Crippen MR) is 84.7 cm³/mol. The van der Waals surface area contributed by atoms with Crippen LogP contribution in [0.5, 0.6) is 0 Å². The molecule has 1 heterocycles. The Balaban J connectivity index is 2.13. The van der Waals surface area contributed by atoms with Crippen molar-refractivity contribution in [3.8, 4) is 0 Å². The lowest BCUT2D eigenvalue weighted by Gasteiger charge is -2.20. The van der Waals surface area contributed by atoms with Gasteiger partial charge in [-0.3, -0.25) is 9.69 Å². The molecule has 5 heteroatoms. The zero-order valence-corrected chi connectivity index (χ0v) is 13.2. The van der Waals surface area contributed by atoms with Gasteiger partial charge in [-0.1, -0.05) is 32.0 Å². The number of carbonyl (C=O) groups is 2. The highest BCUT2D eigenvalue weighted by atomic mass is 16.4. The monoisotopic (exact) mass is 304 g/mol. The molecular formula is C17H24N2O3. The summed E-state index contributed by atoms with van der Waals surface area (Å²) in [4.78, 5) is 26.0. The first-order chi connectivity index (χ1) is 10.5. The molecule has 120 valence electrons. The summed E-state index contributed by atoms with van der Waals surface area (Å²) in [5, 5.41) is 11.9. The molecule has 22 heavy (non-hydrogen) atoms. The van der Waals surface area contributed by atoms with Crippen molar-refractivity contribution in [1.29, 1.82) is 0 Å². The van der Waals surface area contributed by atoms with Crippen LogP contribution in [0.15, 0.2) is 24.3 Å². The lowest BCUT2D eigenvalue weighted by atomic mass is 10.0. The van der Waals surface area contributed by atoms with E-state index in [1.54, 1.807) is 19.9 Å². The average molecular weight is 304 g/mol. The molecule has 0 aliphatic carbocycles. The molecule has 2 rings (SSSR count). The van der Waals surface area contributed by atoms with Gasteiger partial charge < -0.3 is 10.4 Å². The van der Waals surface area contributed by atoms with E-state index in [0.29, 0.717) is 5.56 Å². The SMILES string of the molecule is CC(C)C(NC(=O)c1ccccc1CN1CCCC1)C(=O)O. The molecule has 0 spiro atoms. The molecule has 0 bridgehead atoms. The fraction of sp³-hybridized carbons (Fsp3) is 0.529. The second kappa shape index (κ2) is 7.40. The molecule has 1 aromatic rings. The number of rotatable bonds is 6. The van der Waals surface area contributed by atoms with Gasteiger partial charge in [0.15, 0.2) is 0 Å². The summed E-state index contributed by atoms with van der Waals surface area (Å²) in [6.45, 7) is 6.42. The zero-order chi connectivity index (χ0) is 16.1. The van der Waals surface area contributed by atoms with Crippen LogP contribution in [0.4, 0.5) is 0 Å². The fourth-order valence-electron chi connectivity index (χ4n) is 2.79. The van der Waals surface area contributed by atoms with E-state index in [-0.39, 0.29) is 11.8 Å². The van der Waals surface area contributed by atoms with Crippen LogP contribution in [-0.2, 0) is 11.3 Å². The van der Waals surface area contributed by atoms with Gasteiger partial charge in [-0.25, -0.2) is 4.79 Å². The van der Waals surface area contributed by atoms with Crippen LogP contribution in [0.2, 0.25) is 0 Å². The Bertz CT molecular complexity index is 536. The summed E-state index contributed by atoms with van der Waals surface area (Å²) in [6.07, 6.45) is 2.39. The maximum atomic E-state index is 12.5. The number of carboxylic acid groups (broad SMARTS) is 1. The minimum Gasteiger partial charge on any atom is -0.480 e. The van der Waals surface area contributed by atoms with Gasteiger partial charge in [-0.2, -0.15) is 0 Å². The van der Waals surface area contributed by atoms with Gasteiger partial charge in [0.2, 0.25) is 0 Å². The topological polar surface area (TPSA) is 69.6 Å². The van der Waals surface area contributed by atoms with Gasteiger partial charge in [0.05, 0.1) is 0 Å². The first-order valence-corrected chi connectivity index (χ1v) is 7.83. The Hall–Kier alpha value is -1.88. The van der Waals surface area contributed by atoms with E-state index in [1.807, 2.05) is 18.2 Å². The number of likely N-dealkylation sites (tertiary alicyclic amines) is 1. The number of carbonyl (C=O) groups excluding carboxylic acids is 1. The van der Waals surface area contributed by atoms with Crippen molar-refractivity contribution in [1.82, 2.24) is 10.2 Å². The van der Waals surface area contributed by atoms with E-state index >= 15 is 0 Å². The van der Waals surface area contributed by atoms with E-state index in [1.165, 1.54) is 12.8 Å². The third-order valence-corrected chi connectivity index (χ3v) is 4.07. The first-order valence-electron chi connectivity index (χ1n) is 7.83. The number of aliphatic carboxylic acids is 1. The molecule has 1 amide bonds. The van der Waals surface area contributed by atoms with E-state index in [0.717, 1.165) is 25.2 Å². The Morgan fingerprint density at radius 2 is 1.86 bits per heavy atom. The van der Waals surface area contributed by atoms with Gasteiger partial charge in [-0.05, 0) is 43.5 Å². The van der Waals surface area contributed by atoms with Gasteiger partial charge in [-0.15, -0.1) is 0 Å². The molecule has 1 aliphatic rings. The third kappa shape index (κ3) is 4.07. The van der Waals surface area contributed by atoms with E-state index in [9.17, 15) is 14.7 Å². The zero-order valence-electron chi connectivity index (χ0n) is 13.2. The average Bonchev–Trinajstić information content (AvgIpc) is 2.97. The van der Waals surface area contributed by atoms with Crippen LogP contribution in [0.1, 0.15) is 42.6 Å². The van der Waals surface area contributed by atoms with Crippen LogP contribution in [0.3, 0.4) is 0 Å². The predicted octanol–water partition coefficient (Wildman–Crippen LogP) is 2.12. The Labute approximate surface area is 131 Å². The minimum absolute atomic E-state index is 0.160. The number of hydrogen-bond acceptors (Lipinski definition) is 3. The summed E-state index contributed by atoms with van der Waals surface area (Å²) < 4.78 is 0. The van der Waals surface area contributed by atoms with Gasteiger partial charge in [0, 0.05) is 12.1 Å². The summed E-state index contributed by atoms with van der Waals surface area (Å²) in [5.74, 6) is -1.47. The molecule has 1 aliphatic heterocycles. The molecule has 0 radical (unpaired) electrons.